The number of hydrogen-bond acceptors (Lipinski definition) is 8. The van der Waals surface area contributed by atoms with E-state index in [9.17, 15) is 0 Å². The van der Waals surface area contributed by atoms with Crippen LogP contribution in [0.15, 0.2) is 43.0 Å². The summed E-state index contributed by atoms with van der Waals surface area (Å²) in [5.41, 5.74) is 9.54. The third kappa shape index (κ3) is 2.86. The highest BCUT2D eigenvalue weighted by molar-refractivity contribution is 5.76. The van der Waals surface area contributed by atoms with E-state index in [1.54, 1.807) is 23.3 Å². The number of pyridine rings is 1. The molecule has 0 bridgehead atoms. The van der Waals surface area contributed by atoms with Gasteiger partial charge in [0.1, 0.15) is 5.65 Å². The molecule has 5 rings (SSSR count). The highest BCUT2D eigenvalue weighted by Crippen LogP contribution is 2.29. The van der Waals surface area contributed by atoms with Gasteiger partial charge in [0.25, 0.3) is 0 Å². The van der Waals surface area contributed by atoms with E-state index in [1.807, 2.05) is 23.3 Å². The second kappa shape index (κ2) is 6.34. The van der Waals surface area contributed by atoms with Crippen molar-refractivity contribution in [1.29, 1.82) is 0 Å². The Bertz CT molecular complexity index is 1070. The molecule has 0 aliphatic carbocycles. The Morgan fingerprint density at radius 1 is 1.19 bits per heavy atom. The van der Waals surface area contributed by atoms with Crippen LogP contribution in [-0.2, 0) is 13.1 Å². The first-order chi connectivity index (χ1) is 13.3. The van der Waals surface area contributed by atoms with E-state index in [4.69, 9.17) is 10.1 Å². The summed E-state index contributed by atoms with van der Waals surface area (Å²) in [6.45, 7) is 1.05. The van der Waals surface area contributed by atoms with Crippen LogP contribution >= 0.6 is 0 Å². The maximum atomic E-state index is 9.03. The molecule has 4 N–H and O–H groups in total. The van der Waals surface area contributed by atoms with E-state index < -0.39 is 0 Å². The minimum absolute atomic E-state index is 0.0396. The van der Waals surface area contributed by atoms with Crippen molar-refractivity contribution >= 4 is 22.7 Å². The van der Waals surface area contributed by atoms with Gasteiger partial charge in [-0.25, -0.2) is 15.0 Å². The molecule has 10 nitrogen and oxygen atoms in total. The fraction of sp³-hybridized carbons (Fsp3) is 0.176. The van der Waals surface area contributed by atoms with Gasteiger partial charge in [0.15, 0.2) is 11.6 Å². The molecule has 0 spiro atoms. The first-order valence-corrected chi connectivity index (χ1v) is 8.53. The third-order valence-corrected chi connectivity index (χ3v) is 4.35. The van der Waals surface area contributed by atoms with Crippen molar-refractivity contribution in [2.75, 3.05) is 17.0 Å². The number of fused-ring (bicyclic) bond motifs is 2. The monoisotopic (exact) mass is 363 g/mol. The summed E-state index contributed by atoms with van der Waals surface area (Å²) in [6.07, 6.45) is 7.03. The highest BCUT2D eigenvalue weighted by Gasteiger charge is 2.23. The smallest absolute Gasteiger partial charge is 0.190 e. The van der Waals surface area contributed by atoms with Crippen LogP contribution in [0, 0.1) is 0 Å². The van der Waals surface area contributed by atoms with E-state index in [1.165, 1.54) is 0 Å². The predicted molar refractivity (Wildman–Crippen MR) is 99.4 cm³/mol. The van der Waals surface area contributed by atoms with E-state index >= 15 is 0 Å². The van der Waals surface area contributed by atoms with E-state index in [0.717, 1.165) is 22.3 Å². The highest BCUT2D eigenvalue weighted by atomic mass is 16.3. The average molecular weight is 363 g/mol. The van der Waals surface area contributed by atoms with E-state index in [0.29, 0.717) is 30.4 Å². The van der Waals surface area contributed by atoms with Gasteiger partial charge in [0.2, 0.25) is 0 Å². The zero-order valence-corrected chi connectivity index (χ0v) is 14.3. The number of rotatable bonds is 5. The van der Waals surface area contributed by atoms with Crippen LogP contribution in [0.4, 0.5) is 11.6 Å². The number of aliphatic hydroxyl groups excluding tert-OH is 1. The number of aromatic amines is 1. The molecule has 10 heteroatoms. The molecule has 4 aromatic rings. The maximum Gasteiger partial charge on any atom is 0.190 e. The second-order valence-corrected chi connectivity index (χ2v) is 6.20. The Labute approximate surface area is 153 Å². The standard InChI is InChI=1S/C17H17N9O/c27-5-4-25-9-12(7-20-25)14-8-19-16-17(22-14)26(24-23-16)10-13-6-11-2-1-3-18-15(11)21-13/h1-3,6-9,24,27H,4-5,10H2,(H,18,21)(H,19,23). The Morgan fingerprint density at radius 2 is 2.15 bits per heavy atom. The summed E-state index contributed by atoms with van der Waals surface area (Å²) in [5, 5.41) is 16.2. The quantitative estimate of drug-likeness (QED) is 0.415. The number of aromatic nitrogens is 6. The fourth-order valence-corrected chi connectivity index (χ4v) is 3.07. The number of aliphatic hydroxyl groups is 1. The molecule has 4 aromatic heterocycles. The predicted octanol–water partition coefficient (Wildman–Crippen LogP) is 1.06. The van der Waals surface area contributed by atoms with Gasteiger partial charge in [-0.2, -0.15) is 5.10 Å². The van der Waals surface area contributed by atoms with Crippen molar-refractivity contribution in [3.63, 3.8) is 0 Å². The number of hydrazine groups is 2. The summed E-state index contributed by atoms with van der Waals surface area (Å²) in [7, 11) is 0. The van der Waals surface area contributed by atoms with Crippen molar-refractivity contribution in [3.8, 4) is 11.3 Å². The van der Waals surface area contributed by atoms with Crippen LogP contribution in [0.5, 0.6) is 0 Å². The molecule has 0 radical (unpaired) electrons. The second-order valence-electron chi connectivity index (χ2n) is 6.20. The minimum Gasteiger partial charge on any atom is -0.394 e. The van der Waals surface area contributed by atoms with Crippen LogP contribution in [0.3, 0.4) is 0 Å². The summed E-state index contributed by atoms with van der Waals surface area (Å²) >= 11 is 0. The molecule has 0 amide bonds. The maximum absolute atomic E-state index is 9.03. The molecule has 5 heterocycles. The molecule has 0 aromatic carbocycles. The van der Waals surface area contributed by atoms with Crippen molar-refractivity contribution in [2.24, 2.45) is 0 Å². The molecule has 136 valence electrons. The van der Waals surface area contributed by atoms with E-state index in [-0.39, 0.29) is 6.61 Å². The molecule has 0 fully saturated rings. The Morgan fingerprint density at radius 3 is 3.04 bits per heavy atom. The lowest BCUT2D eigenvalue weighted by Gasteiger charge is -2.15. The van der Waals surface area contributed by atoms with Crippen LogP contribution in [0.1, 0.15) is 5.69 Å². The van der Waals surface area contributed by atoms with Gasteiger partial charge >= 0.3 is 0 Å². The van der Waals surface area contributed by atoms with Gasteiger partial charge < -0.3 is 10.1 Å². The Hall–Kier alpha value is -3.50. The molecule has 0 saturated heterocycles. The Kier molecular flexibility index (Phi) is 3.69. The molecule has 1 aliphatic heterocycles. The molecule has 0 saturated carbocycles. The van der Waals surface area contributed by atoms with Gasteiger partial charge in [0, 0.05) is 29.0 Å². The van der Waals surface area contributed by atoms with Crippen LogP contribution in [0.2, 0.25) is 0 Å². The lowest BCUT2D eigenvalue weighted by Crippen LogP contribution is -2.35. The van der Waals surface area contributed by atoms with Crippen molar-refractivity contribution in [2.45, 2.75) is 13.1 Å². The van der Waals surface area contributed by atoms with Gasteiger partial charge in [-0.15, -0.1) is 5.53 Å². The van der Waals surface area contributed by atoms with Crippen LogP contribution < -0.4 is 16.0 Å². The molecule has 27 heavy (non-hydrogen) atoms. The van der Waals surface area contributed by atoms with Gasteiger partial charge in [0.05, 0.1) is 37.8 Å². The first-order valence-electron chi connectivity index (χ1n) is 8.53. The molecule has 0 atom stereocenters. The molecule has 0 unspecified atom stereocenters. The zero-order chi connectivity index (χ0) is 18.2. The number of anilines is 2. The van der Waals surface area contributed by atoms with Gasteiger partial charge in [-0.1, -0.05) is 0 Å². The number of nitrogens with one attached hydrogen (secondary N) is 3. The number of nitrogens with zero attached hydrogens (tertiary/aromatic N) is 6. The summed E-state index contributed by atoms with van der Waals surface area (Å²) in [4.78, 5) is 16.8. The number of H-pyrrole nitrogens is 1. The average Bonchev–Trinajstić information content (AvgIpc) is 3.40. The van der Waals surface area contributed by atoms with E-state index in [2.05, 4.69) is 37.1 Å². The first kappa shape index (κ1) is 15.7. The summed E-state index contributed by atoms with van der Waals surface area (Å²) in [6, 6.07) is 6.01. The van der Waals surface area contributed by atoms with Crippen molar-refractivity contribution < 1.29 is 5.11 Å². The van der Waals surface area contributed by atoms with Crippen LogP contribution in [0.25, 0.3) is 22.3 Å². The van der Waals surface area contributed by atoms with Crippen molar-refractivity contribution in [1.82, 2.24) is 35.3 Å². The molecule has 1 aliphatic rings. The zero-order valence-electron chi connectivity index (χ0n) is 14.3. The number of hydrogen-bond donors (Lipinski definition) is 4. The molecular weight excluding hydrogens is 346 g/mol. The van der Waals surface area contributed by atoms with Gasteiger partial charge in [-0.05, 0) is 18.2 Å². The topological polar surface area (TPSA) is 120 Å². The molecular formula is C17H17N9O. The SMILES string of the molecule is OCCn1cc(-c2cnc3c(n2)N(Cc2cc4cccnc4[nH]2)NN3)cn1. The fourth-order valence-electron chi connectivity index (χ4n) is 3.07. The van der Waals surface area contributed by atoms with Crippen LogP contribution in [-0.4, -0.2) is 41.4 Å². The van der Waals surface area contributed by atoms with Gasteiger partial charge in [-0.3, -0.25) is 15.1 Å². The van der Waals surface area contributed by atoms with Crippen molar-refractivity contribution in [3.05, 3.63) is 48.7 Å². The summed E-state index contributed by atoms with van der Waals surface area (Å²) < 4.78 is 1.68. The normalized spacial score (nSPS) is 13.1. The Balaban J connectivity index is 1.43. The minimum atomic E-state index is 0.0396. The lowest BCUT2D eigenvalue weighted by atomic mass is 10.2. The lowest BCUT2D eigenvalue weighted by molar-refractivity contribution is 0.269. The summed E-state index contributed by atoms with van der Waals surface area (Å²) in [5.74, 6) is 1.37. The third-order valence-electron chi connectivity index (χ3n) is 4.35. The largest absolute Gasteiger partial charge is 0.394 e.